The number of aliphatic carboxylic acids is 2. The van der Waals surface area contributed by atoms with Crippen LogP contribution in [-0.2, 0) is 22.7 Å². The van der Waals surface area contributed by atoms with Gasteiger partial charge in [-0.25, -0.2) is 0 Å². The average Bonchev–Trinajstić information content (AvgIpc) is 2.66. The number of nitrogens with zero attached hydrogens (tertiary/aromatic N) is 2. The Balaban J connectivity index is -0.000000534. The summed E-state index contributed by atoms with van der Waals surface area (Å²) < 4.78 is 0. The molecule has 18 heteroatoms. The van der Waals surface area contributed by atoms with Crippen molar-refractivity contribution >= 4 is 11.9 Å². The van der Waals surface area contributed by atoms with E-state index in [1.165, 1.54) is 17.3 Å². The Morgan fingerprint density at radius 3 is 1.39 bits per heavy atom. The van der Waals surface area contributed by atoms with Crippen LogP contribution in [-0.4, -0.2) is 79.8 Å². The van der Waals surface area contributed by atoms with Crippen LogP contribution in [0.1, 0.15) is 11.4 Å². The zero-order valence-corrected chi connectivity index (χ0v) is 23.3. The van der Waals surface area contributed by atoms with Gasteiger partial charge in [-0.15, -0.1) is 0 Å². The number of carboxylic acids is 2. The molecule has 199 valence electrons. The van der Waals surface area contributed by atoms with E-state index in [2.05, 4.69) is 9.97 Å². The van der Waals surface area contributed by atoms with Gasteiger partial charge in [-0.1, -0.05) is 0 Å². The molecule has 36 heavy (non-hydrogen) atoms. The number of hydrogen-bond acceptors (Lipinski definition) is 10. The van der Waals surface area contributed by atoms with Gasteiger partial charge in [0.05, 0.1) is 11.9 Å². The molecule has 0 fully saturated rings. The Kier molecular flexibility index (Phi) is 26.7. The van der Waals surface area contributed by atoms with E-state index in [1.54, 1.807) is 0 Å². The zero-order chi connectivity index (χ0) is 22.3. The number of pyridine rings is 2. The van der Waals surface area contributed by atoms with Gasteiger partial charge in [0, 0.05) is 75.2 Å². The average molecular weight is 671 g/mol. The molecule has 0 saturated carbocycles. The largest absolute Gasteiger partial charge is 3.00 e. The van der Waals surface area contributed by atoms with E-state index in [9.17, 15) is 39.6 Å². The predicted molar refractivity (Wildman–Crippen MR) is 108 cm³/mol. The Morgan fingerprint density at radius 1 is 0.722 bits per heavy atom. The maximum absolute atomic E-state index is 12.0. The minimum absolute atomic E-state index is 0. The van der Waals surface area contributed by atoms with Crippen molar-refractivity contribution in [3.8, 4) is 11.5 Å². The quantitative estimate of drug-likeness (QED) is 0.213. The molecule has 2 aromatic heterocycles. The van der Waals surface area contributed by atoms with Gasteiger partial charge in [0.2, 0.25) is 0 Å². The molecular formula is C18H26GdN4NaO12. The van der Waals surface area contributed by atoms with Crippen LogP contribution in [0.25, 0.3) is 0 Å². The summed E-state index contributed by atoms with van der Waals surface area (Å²) in [5, 5.41) is 45.7. The second-order valence-corrected chi connectivity index (χ2v) is 6.46. The van der Waals surface area contributed by atoms with Crippen LogP contribution in [0, 0.1) is 39.9 Å². The number of hydrogen-bond donors (Lipinski definition) is 2. The number of carbonyl (C=O) groups is 2. The van der Waals surface area contributed by atoms with Crippen molar-refractivity contribution in [3.63, 3.8) is 0 Å². The topological polar surface area (TPSA) is 325 Å². The van der Waals surface area contributed by atoms with Gasteiger partial charge >= 0.3 is 69.5 Å². The van der Waals surface area contributed by atoms with Gasteiger partial charge in [-0.3, -0.25) is 19.4 Å². The normalized spacial score (nSPS) is 9.28. The molecule has 0 aliphatic rings. The van der Waals surface area contributed by atoms with Crippen LogP contribution in [0.3, 0.4) is 0 Å². The predicted octanol–water partition coefficient (Wildman–Crippen LogP) is -11.3. The fourth-order valence-electron chi connectivity index (χ4n) is 2.77. The van der Waals surface area contributed by atoms with Gasteiger partial charge in [-0.05, 0) is 11.5 Å². The van der Waals surface area contributed by atoms with E-state index in [0.717, 1.165) is 17.0 Å². The number of carbonyl (C=O) groups excluding carboxylic acids is 2. The maximum Gasteiger partial charge on any atom is 3.00 e. The third kappa shape index (κ3) is 14.3. The van der Waals surface area contributed by atoms with E-state index in [4.69, 9.17) is 0 Å². The molecule has 0 amide bonds. The summed E-state index contributed by atoms with van der Waals surface area (Å²) in [5.74, 6) is -4.56. The Morgan fingerprint density at radius 2 is 1.06 bits per heavy atom. The number of aromatic nitrogens is 2. The second-order valence-electron chi connectivity index (χ2n) is 6.46. The molecule has 1 radical (unpaired) electrons. The fourth-order valence-corrected chi connectivity index (χ4v) is 2.77. The third-order valence-electron chi connectivity index (χ3n) is 4.18. The van der Waals surface area contributed by atoms with Gasteiger partial charge in [0.1, 0.15) is 0 Å². The summed E-state index contributed by atoms with van der Waals surface area (Å²) in [6.07, 6.45) is 2.55. The van der Waals surface area contributed by atoms with Crippen LogP contribution in [0.15, 0.2) is 34.1 Å². The SMILES string of the molecule is O.O.O.O.O=C([O-])CN(CCN(Cc1[nH]ccc(=O)c1[O-])Cc1[nH]ccc(=O)c1[O-])CC(=O)[O-].[Gd+3].[Na+]. The van der Waals surface area contributed by atoms with Crippen molar-refractivity contribution < 1.29 is 121 Å². The van der Waals surface area contributed by atoms with Crippen molar-refractivity contribution in [1.29, 1.82) is 0 Å². The molecule has 0 saturated heterocycles. The van der Waals surface area contributed by atoms with Gasteiger partial charge in [0.25, 0.3) is 0 Å². The first kappa shape index (κ1) is 44.5. The molecule has 10 N–H and O–H groups in total. The minimum atomic E-state index is -1.49. The molecule has 0 aromatic carbocycles. The number of H-pyrrole nitrogens is 2. The monoisotopic (exact) mass is 671 g/mol. The van der Waals surface area contributed by atoms with Crippen LogP contribution in [0.2, 0.25) is 0 Å². The first-order valence-corrected chi connectivity index (χ1v) is 8.77. The molecule has 0 spiro atoms. The molecule has 0 aliphatic carbocycles. The number of carboxylic acid groups (broad SMARTS) is 2. The molecule has 2 aromatic rings. The van der Waals surface area contributed by atoms with Crippen molar-refractivity contribution in [2.75, 3.05) is 26.2 Å². The Bertz CT molecular complexity index is 958. The van der Waals surface area contributed by atoms with E-state index in [-0.39, 0.29) is 129 Å². The standard InChI is InChI=1S/C18H22N4O8.Gd.Na.4H2O/c23-13-1-3-19-11(17(13)29)7-21(8-12-18(30)14(24)2-4-20-12)5-6-22(9-15(25)26)10-16(27)28;;;;;;/h1-4,29-30H,5-10H2,(H,19,23)(H,20,24)(H,25,26)(H,27,28);;;4*1H2/q;+3;+1;;;;/p-4. The van der Waals surface area contributed by atoms with Crippen LogP contribution in [0.5, 0.6) is 11.5 Å². The molecular weight excluding hydrogens is 644 g/mol. The van der Waals surface area contributed by atoms with Crippen molar-refractivity contribution in [2.45, 2.75) is 13.1 Å². The summed E-state index contributed by atoms with van der Waals surface area (Å²) >= 11 is 0. The Labute approximate surface area is 258 Å². The van der Waals surface area contributed by atoms with E-state index in [0.29, 0.717) is 0 Å². The van der Waals surface area contributed by atoms with Crippen molar-refractivity contribution in [3.05, 3.63) is 56.4 Å². The van der Waals surface area contributed by atoms with E-state index in [1.807, 2.05) is 0 Å². The van der Waals surface area contributed by atoms with Crippen molar-refractivity contribution in [2.24, 2.45) is 0 Å². The molecule has 0 aliphatic heterocycles. The van der Waals surface area contributed by atoms with Gasteiger partial charge in [-0.2, -0.15) is 0 Å². The first-order valence-electron chi connectivity index (χ1n) is 8.77. The minimum Gasteiger partial charge on any atom is -0.869 e. The summed E-state index contributed by atoms with van der Waals surface area (Å²) in [5.41, 5.74) is -1.45. The smallest absolute Gasteiger partial charge is 0.869 e. The zero-order valence-electron chi connectivity index (χ0n) is 19.1. The van der Waals surface area contributed by atoms with Crippen LogP contribution in [0.4, 0.5) is 0 Å². The van der Waals surface area contributed by atoms with Gasteiger partial charge < -0.3 is 61.9 Å². The molecule has 0 atom stereocenters. The maximum atomic E-state index is 12.0. The molecule has 2 rings (SSSR count). The summed E-state index contributed by atoms with van der Waals surface area (Å²) in [7, 11) is 0. The molecule has 0 bridgehead atoms. The van der Waals surface area contributed by atoms with Crippen molar-refractivity contribution in [1.82, 2.24) is 19.8 Å². The summed E-state index contributed by atoms with van der Waals surface area (Å²) in [6.45, 7) is -1.74. The number of aromatic amines is 2. The molecule has 16 nitrogen and oxygen atoms in total. The summed E-state index contributed by atoms with van der Waals surface area (Å²) in [4.78, 5) is 52.7. The van der Waals surface area contributed by atoms with Gasteiger partial charge in [0.15, 0.2) is 10.9 Å². The third-order valence-corrected chi connectivity index (χ3v) is 4.18. The number of rotatable bonds is 11. The first-order chi connectivity index (χ1) is 14.2. The molecule has 2 heterocycles. The van der Waals surface area contributed by atoms with Crippen LogP contribution >= 0.6 is 0 Å². The Hall–Kier alpha value is -1.48. The van der Waals surface area contributed by atoms with Crippen LogP contribution < -0.4 is 60.8 Å². The molecule has 0 unspecified atom stereocenters. The number of nitrogens with one attached hydrogen (secondary N) is 2. The summed E-state index contributed by atoms with van der Waals surface area (Å²) in [6, 6.07) is 2.12. The van der Waals surface area contributed by atoms with E-state index < -0.39 is 47.4 Å². The van der Waals surface area contributed by atoms with E-state index >= 15 is 0 Å². The second kappa shape index (κ2) is 21.6. The fraction of sp³-hybridized carbons (Fsp3) is 0.333.